The fourth-order valence-corrected chi connectivity index (χ4v) is 3.67. The van der Waals surface area contributed by atoms with Crippen LogP contribution in [-0.2, 0) is 6.61 Å². The maximum absolute atomic E-state index is 12.1. The molecule has 1 N–H and O–H groups in total. The predicted octanol–water partition coefficient (Wildman–Crippen LogP) is 5.71. The van der Waals surface area contributed by atoms with Crippen molar-refractivity contribution in [1.82, 2.24) is 5.43 Å². The number of rotatable bonds is 7. The first-order valence-corrected chi connectivity index (χ1v) is 11.0. The van der Waals surface area contributed by atoms with E-state index in [0.717, 1.165) is 19.2 Å². The zero-order valence-electron chi connectivity index (χ0n) is 16.5. The number of carbonyl (C=O) groups excluding carboxylic acids is 1. The molecule has 3 aromatic rings. The lowest BCUT2D eigenvalue weighted by molar-refractivity contribution is 0.0955. The molecule has 0 atom stereocenters. The average Bonchev–Trinajstić information content (AvgIpc) is 2.74. The quantitative estimate of drug-likeness (QED) is 0.222. The van der Waals surface area contributed by atoms with Crippen molar-refractivity contribution >= 4 is 50.6 Å². The molecule has 1 amide bonds. The lowest BCUT2D eigenvalue weighted by Gasteiger charge is -2.13. The fraction of sp³-hybridized carbons (Fsp3) is 0.130. The molecule has 0 heterocycles. The molecule has 0 fully saturated rings. The first-order chi connectivity index (χ1) is 14.5. The molecule has 30 heavy (non-hydrogen) atoms. The molecule has 7 heteroatoms. The van der Waals surface area contributed by atoms with E-state index in [-0.39, 0.29) is 5.91 Å². The minimum absolute atomic E-state index is 0.279. The Bertz CT molecular complexity index is 1050. The fourth-order valence-electron chi connectivity index (χ4n) is 2.63. The van der Waals surface area contributed by atoms with Crippen LogP contribution < -0.4 is 14.9 Å². The number of aryl methyl sites for hydroxylation is 1. The van der Waals surface area contributed by atoms with Crippen LogP contribution in [0.5, 0.6) is 11.5 Å². The number of carbonyl (C=O) groups is 1. The van der Waals surface area contributed by atoms with E-state index in [0.29, 0.717) is 23.7 Å². The first kappa shape index (κ1) is 22.3. The number of hydrogen-bond acceptors (Lipinski definition) is 4. The van der Waals surface area contributed by atoms with Crippen LogP contribution in [0.2, 0.25) is 0 Å². The molecule has 0 bridgehead atoms. The van der Waals surface area contributed by atoms with Crippen molar-refractivity contribution in [2.45, 2.75) is 13.5 Å². The number of hydrazone groups is 1. The summed E-state index contributed by atoms with van der Waals surface area (Å²) in [5, 5.41) is 4.05. The normalized spacial score (nSPS) is 10.8. The second kappa shape index (κ2) is 10.6. The van der Waals surface area contributed by atoms with E-state index in [2.05, 4.69) is 68.1 Å². The van der Waals surface area contributed by atoms with E-state index >= 15 is 0 Å². The molecule has 0 unspecified atom stereocenters. The predicted molar refractivity (Wildman–Crippen MR) is 130 cm³/mol. The Labute approximate surface area is 197 Å². The number of amides is 1. The Kier molecular flexibility index (Phi) is 7.87. The Morgan fingerprint density at radius 3 is 2.50 bits per heavy atom. The molecule has 0 saturated carbocycles. The summed E-state index contributed by atoms with van der Waals surface area (Å²) in [6.07, 6.45) is 1.57. The molecular weight excluding hydrogens is 559 g/mol. The largest absolute Gasteiger partial charge is 0.493 e. The Morgan fingerprint density at radius 1 is 1.13 bits per heavy atom. The van der Waals surface area contributed by atoms with Crippen molar-refractivity contribution in [3.8, 4) is 11.5 Å². The summed E-state index contributed by atoms with van der Waals surface area (Å²) in [6, 6.07) is 19.0. The monoisotopic (exact) mass is 578 g/mol. The van der Waals surface area contributed by atoms with Gasteiger partial charge in [0, 0.05) is 10.0 Å². The molecule has 0 aliphatic rings. The van der Waals surface area contributed by atoms with Gasteiger partial charge >= 0.3 is 0 Å². The van der Waals surface area contributed by atoms with Gasteiger partial charge in [-0.1, -0.05) is 45.8 Å². The lowest BCUT2D eigenvalue weighted by Crippen LogP contribution is -2.17. The molecule has 0 aromatic heterocycles. The van der Waals surface area contributed by atoms with E-state index in [1.54, 1.807) is 37.6 Å². The van der Waals surface area contributed by atoms with Gasteiger partial charge in [0.2, 0.25) is 0 Å². The van der Waals surface area contributed by atoms with Crippen molar-refractivity contribution in [3.05, 3.63) is 91.0 Å². The summed E-state index contributed by atoms with van der Waals surface area (Å²) in [5.41, 5.74) is 6.14. The second-order valence-corrected chi connectivity index (χ2v) is 8.59. The van der Waals surface area contributed by atoms with Crippen molar-refractivity contribution in [2.24, 2.45) is 5.10 Å². The van der Waals surface area contributed by atoms with Crippen LogP contribution in [-0.4, -0.2) is 19.2 Å². The highest BCUT2D eigenvalue weighted by atomic mass is 127. The molecule has 0 radical (unpaired) electrons. The summed E-state index contributed by atoms with van der Waals surface area (Å²) in [6.45, 7) is 2.50. The van der Waals surface area contributed by atoms with Gasteiger partial charge in [-0.2, -0.15) is 5.10 Å². The lowest BCUT2D eigenvalue weighted by atomic mass is 10.2. The Balaban J connectivity index is 1.68. The minimum atomic E-state index is -0.279. The van der Waals surface area contributed by atoms with Crippen LogP contribution in [0.15, 0.2) is 70.2 Å². The molecule has 0 aliphatic carbocycles. The van der Waals surface area contributed by atoms with Gasteiger partial charge in [-0.15, -0.1) is 0 Å². The van der Waals surface area contributed by atoms with Crippen LogP contribution >= 0.6 is 38.5 Å². The van der Waals surface area contributed by atoms with Crippen molar-refractivity contribution in [3.63, 3.8) is 0 Å². The summed E-state index contributed by atoms with van der Waals surface area (Å²) in [4.78, 5) is 12.1. The van der Waals surface area contributed by atoms with E-state index in [1.165, 1.54) is 5.56 Å². The number of ether oxygens (including phenoxy) is 2. The summed E-state index contributed by atoms with van der Waals surface area (Å²) in [5.74, 6) is 1.00. The van der Waals surface area contributed by atoms with Crippen molar-refractivity contribution in [2.75, 3.05) is 7.11 Å². The van der Waals surface area contributed by atoms with Crippen LogP contribution in [0, 0.1) is 10.5 Å². The molecular formula is C23H20BrIN2O3. The van der Waals surface area contributed by atoms with Crippen molar-refractivity contribution in [1.29, 1.82) is 0 Å². The molecule has 0 aliphatic heterocycles. The van der Waals surface area contributed by atoms with Crippen LogP contribution in [0.1, 0.15) is 27.0 Å². The minimum Gasteiger partial charge on any atom is -0.493 e. The topological polar surface area (TPSA) is 59.9 Å². The molecule has 5 nitrogen and oxygen atoms in total. The molecule has 0 saturated heterocycles. The third-order valence-corrected chi connectivity index (χ3v) is 5.57. The Morgan fingerprint density at radius 2 is 1.83 bits per heavy atom. The molecule has 3 rings (SSSR count). The maximum atomic E-state index is 12.1. The van der Waals surface area contributed by atoms with Gasteiger partial charge in [-0.3, -0.25) is 4.79 Å². The molecule has 0 spiro atoms. The first-order valence-electron chi connectivity index (χ1n) is 9.11. The smallest absolute Gasteiger partial charge is 0.271 e. The van der Waals surface area contributed by atoms with Gasteiger partial charge < -0.3 is 9.47 Å². The van der Waals surface area contributed by atoms with Gasteiger partial charge in [-0.25, -0.2) is 5.43 Å². The van der Waals surface area contributed by atoms with Gasteiger partial charge in [0.1, 0.15) is 6.61 Å². The van der Waals surface area contributed by atoms with E-state index in [4.69, 9.17) is 9.47 Å². The third-order valence-electron chi connectivity index (χ3n) is 4.24. The highest BCUT2D eigenvalue weighted by Gasteiger charge is 2.12. The van der Waals surface area contributed by atoms with Gasteiger partial charge in [-0.05, 0) is 77.0 Å². The van der Waals surface area contributed by atoms with Crippen molar-refractivity contribution < 1.29 is 14.3 Å². The summed E-state index contributed by atoms with van der Waals surface area (Å²) in [7, 11) is 1.60. The average molecular weight is 579 g/mol. The standard InChI is InChI=1S/C23H20BrIN2O3/c1-15-3-5-16(6-4-15)14-30-22-20(25)11-17(12-21(22)29-2)13-26-27-23(28)18-7-9-19(24)10-8-18/h3-13H,14H2,1-2H3,(H,27,28)/b26-13+. The highest BCUT2D eigenvalue weighted by Crippen LogP contribution is 2.34. The van der Waals surface area contributed by atoms with E-state index in [9.17, 15) is 4.79 Å². The highest BCUT2D eigenvalue weighted by molar-refractivity contribution is 14.1. The zero-order valence-corrected chi connectivity index (χ0v) is 20.2. The van der Waals surface area contributed by atoms with E-state index in [1.807, 2.05) is 24.3 Å². The van der Waals surface area contributed by atoms with Crippen LogP contribution in [0.25, 0.3) is 0 Å². The van der Waals surface area contributed by atoms with E-state index < -0.39 is 0 Å². The number of hydrogen-bond donors (Lipinski definition) is 1. The number of nitrogens with zero attached hydrogens (tertiary/aromatic N) is 1. The number of benzene rings is 3. The van der Waals surface area contributed by atoms with Crippen LogP contribution in [0.4, 0.5) is 0 Å². The SMILES string of the molecule is COc1cc(/C=N/NC(=O)c2ccc(Br)cc2)cc(I)c1OCc1ccc(C)cc1. The summed E-state index contributed by atoms with van der Waals surface area (Å²) < 4.78 is 13.3. The number of methoxy groups -OCH3 is 1. The Hall–Kier alpha value is -2.39. The number of halogens is 2. The maximum Gasteiger partial charge on any atom is 0.271 e. The molecule has 154 valence electrons. The van der Waals surface area contributed by atoms with Crippen LogP contribution in [0.3, 0.4) is 0 Å². The summed E-state index contributed by atoms with van der Waals surface area (Å²) >= 11 is 5.55. The van der Waals surface area contributed by atoms with Gasteiger partial charge in [0.05, 0.1) is 16.9 Å². The zero-order chi connectivity index (χ0) is 21.5. The number of nitrogens with one attached hydrogen (secondary N) is 1. The molecule has 3 aromatic carbocycles. The van der Waals surface area contributed by atoms with Gasteiger partial charge in [0.25, 0.3) is 5.91 Å². The third kappa shape index (κ3) is 6.06. The van der Waals surface area contributed by atoms with Gasteiger partial charge in [0.15, 0.2) is 11.5 Å². The second-order valence-electron chi connectivity index (χ2n) is 6.51.